The summed E-state index contributed by atoms with van der Waals surface area (Å²) in [6.45, 7) is 0. The van der Waals surface area contributed by atoms with Gasteiger partial charge in [0.05, 0.1) is 4.92 Å². The topological polar surface area (TPSA) is 84.2 Å². The first kappa shape index (κ1) is 12.5. The molecule has 0 atom stereocenters. The Labute approximate surface area is 105 Å². The van der Waals surface area contributed by atoms with Crippen molar-refractivity contribution in [3.05, 3.63) is 16.3 Å². The minimum absolute atomic E-state index is 0.0385. The van der Waals surface area contributed by atoms with Crippen LogP contribution in [0.1, 0.15) is 25.7 Å². The number of hydrogen-bond donors (Lipinski definition) is 1. The fraction of sp³-hybridized carbons (Fsp3) is 0.636. The van der Waals surface area contributed by atoms with Crippen molar-refractivity contribution in [1.82, 2.24) is 9.97 Å². The van der Waals surface area contributed by atoms with Crippen LogP contribution in [0.2, 0.25) is 0 Å². The molecule has 0 amide bonds. The minimum Gasteiger partial charge on any atom is -0.357 e. The Morgan fingerprint density at radius 2 is 2.17 bits per heavy atom. The fourth-order valence-corrected chi connectivity index (χ4v) is 2.34. The third-order valence-electron chi connectivity index (χ3n) is 3.38. The van der Waals surface area contributed by atoms with Crippen molar-refractivity contribution in [2.45, 2.75) is 31.7 Å². The van der Waals surface area contributed by atoms with Gasteiger partial charge in [0.25, 0.3) is 0 Å². The van der Waals surface area contributed by atoms with E-state index in [1.54, 1.807) is 7.05 Å². The van der Waals surface area contributed by atoms with E-state index in [4.69, 9.17) is 0 Å². The van der Waals surface area contributed by atoms with Crippen molar-refractivity contribution in [3.8, 4) is 0 Å². The molecule has 0 aromatic carbocycles. The number of hydrogen-bond acceptors (Lipinski definition) is 6. The van der Waals surface area contributed by atoms with Crippen molar-refractivity contribution in [2.75, 3.05) is 24.3 Å². The predicted octanol–water partition coefficient (Wildman–Crippen LogP) is 1.81. The molecule has 0 saturated heterocycles. The van der Waals surface area contributed by atoms with Crippen LogP contribution in [0.3, 0.4) is 0 Å². The fourth-order valence-electron chi connectivity index (χ4n) is 2.34. The molecule has 1 heterocycles. The Balaban J connectivity index is 2.35. The van der Waals surface area contributed by atoms with E-state index < -0.39 is 4.92 Å². The summed E-state index contributed by atoms with van der Waals surface area (Å²) in [6, 6.07) is 0.336. The highest BCUT2D eigenvalue weighted by molar-refractivity contribution is 5.59. The molecule has 1 aromatic rings. The second-order valence-electron chi connectivity index (χ2n) is 4.46. The lowest BCUT2D eigenvalue weighted by molar-refractivity contribution is -0.384. The second-order valence-corrected chi connectivity index (χ2v) is 4.46. The number of nitrogens with one attached hydrogen (secondary N) is 1. The van der Waals surface area contributed by atoms with Gasteiger partial charge in [-0.15, -0.1) is 0 Å². The average Bonchev–Trinajstić information content (AvgIpc) is 2.90. The normalized spacial score (nSPS) is 15.7. The smallest absolute Gasteiger partial charge is 0.329 e. The lowest BCUT2D eigenvalue weighted by Crippen LogP contribution is -2.30. The van der Waals surface area contributed by atoms with Crippen molar-refractivity contribution in [2.24, 2.45) is 0 Å². The van der Waals surface area contributed by atoms with E-state index in [1.807, 2.05) is 11.9 Å². The molecule has 7 nitrogen and oxygen atoms in total. The van der Waals surface area contributed by atoms with Crippen molar-refractivity contribution in [3.63, 3.8) is 0 Å². The Hall–Kier alpha value is -1.92. The van der Waals surface area contributed by atoms with Crippen LogP contribution in [0.15, 0.2) is 6.20 Å². The maximum absolute atomic E-state index is 11.0. The van der Waals surface area contributed by atoms with Crippen molar-refractivity contribution < 1.29 is 4.92 Å². The molecule has 18 heavy (non-hydrogen) atoms. The first-order chi connectivity index (χ1) is 8.63. The first-order valence-electron chi connectivity index (χ1n) is 6.05. The van der Waals surface area contributed by atoms with E-state index in [-0.39, 0.29) is 5.69 Å². The molecule has 0 bridgehead atoms. The van der Waals surface area contributed by atoms with Gasteiger partial charge in [-0.2, -0.15) is 4.98 Å². The van der Waals surface area contributed by atoms with E-state index in [9.17, 15) is 10.1 Å². The predicted molar refractivity (Wildman–Crippen MR) is 68.9 cm³/mol. The van der Waals surface area contributed by atoms with Gasteiger partial charge >= 0.3 is 5.69 Å². The van der Waals surface area contributed by atoms with Gasteiger partial charge < -0.3 is 10.2 Å². The number of nitro groups is 1. The number of nitrogens with zero attached hydrogens (tertiary/aromatic N) is 4. The molecule has 0 radical (unpaired) electrons. The second kappa shape index (κ2) is 5.16. The lowest BCUT2D eigenvalue weighted by Gasteiger charge is -2.24. The summed E-state index contributed by atoms with van der Waals surface area (Å²) >= 11 is 0. The molecule has 7 heteroatoms. The van der Waals surface area contributed by atoms with Gasteiger partial charge in [0.15, 0.2) is 0 Å². The van der Waals surface area contributed by atoms with Crippen LogP contribution in [-0.4, -0.2) is 35.0 Å². The molecule has 1 N–H and O–H groups in total. The SMILES string of the molecule is CNc1ncc([N+](=O)[O-])c(N(C)C2CCCC2)n1. The number of anilines is 2. The van der Waals surface area contributed by atoms with E-state index in [2.05, 4.69) is 15.3 Å². The molecule has 98 valence electrons. The number of aromatic nitrogens is 2. The van der Waals surface area contributed by atoms with Gasteiger partial charge in [-0.25, -0.2) is 4.98 Å². The number of rotatable bonds is 4. The monoisotopic (exact) mass is 251 g/mol. The van der Waals surface area contributed by atoms with Crippen LogP contribution in [0.4, 0.5) is 17.5 Å². The first-order valence-corrected chi connectivity index (χ1v) is 6.05. The molecule has 1 aromatic heterocycles. The van der Waals surface area contributed by atoms with Gasteiger partial charge in [0.2, 0.25) is 11.8 Å². The van der Waals surface area contributed by atoms with E-state index in [0.29, 0.717) is 17.8 Å². The van der Waals surface area contributed by atoms with Crippen LogP contribution in [0.25, 0.3) is 0 Å². The van der Waals surface area contributed by atoms with E-state index in [0.717, 1.165) is 12.8 Å². The third-order valence-corrected chi connectivity index (χ3v) is 3.38. The Bertz CT molecular complexity index is 445. The van der Waals surface area contributed by atoms with Gasteiger partial charge in [0, 0.05) is 20.1 Å². The van der Waals surface area contributed by atoms with Gasteiger partial charge in [-0.05, 0) is 12.8 Å². The summed E-state index contributed by atoms with van der Waals surface area (Å²) in [4.78, 5) is 20.6. The summed E-state index contributed by atoms with van der Waals surface area (Å²) in [5.74, 6) is 0.798. The van der Waals surface area contributed by atoms with Crippen LogP contribution in [-0.2, 0) is 0 Å². The average molecular weight is 251 g/mol. The highest BCUT2D eigenvalue weighted by Crippen LogP contribution is 2.31. The highest BCUT2D eigenvalue weighted by Gasteiger charge is 2.27. The lowest BCUT2D eigenvalue weighted by atomic mass is 10.2. The Kier molecular flexibility index (Phi) is 3.59. The molecule has 0 unspecified atom stereocenters. The minimum atomic E-state index is -0.430. The van der Waals surface area contributed by atoms with Crippen molar-refractivity contribution in [1.29, 1.82) is 0 Å². The Morgan fingerprint density at radius 1 is 1.50 bits per heavy atom. The zero-order valence-electron chi connectivity index (χ0n) is 10.6. The maximum atomic E-state index is 11.0. The largest absolute Gasteiger partial charge is 0.357 e. The molecule has 1 fully saturated rings. The summed E-state index contributed by atoms with van der Waals surface area (Å²) in [5, 5.41) is 13.8. The summed E-state index contributed by atoms with van der Waals surface area (Å²) in [5.41, 5.74) is -0.0385. The Morgan fingerprint density at radius 3 is 2.72 bits per heavy atom. The molecule has 2 rings (SSSR count). The summed E-state index contributed by atoms with van der Waals surface area (Å²) in [7, 11) is 3.56. The van der Waals surface area contributed by atoms with Gasteiger partial charge in [-0.3, -0.25) is 10.1 Å². The van der Waals surface area contributed by atoms with E-state index in [1.165, 1.54) is 19.0 Å². The van der Waals surface area contributed by atoms with Gasteiger partial charge in [0.1, 0.15) is 6.20 Å². The summed E-state index contributed by atoms with van der Waals surface area (Å²) < 4.78 is 0. The van der Waals surface area contributed by atoms with E-state index >= 15 is 0 Å². The molecule has 0 spiro atoms. The van der Waals surface area contributed by atoms with Crippen LogP contribution >= 0.6 is 0 Å². The molecular weight excluding hydrogens is 234 g/mol. The quantitative estimate of drug-likeness (QED) is 0.649. The molecule has 1 saturated carbocycles. The third kappa shape index (κ3) is 2.34. The molecule has 1 aliphatic carbocycles. The maximum Gasteiger partial charge on any atom is 0.329 e. The molecular formula is C11H17N5O2. The zero-order chi connectivity index (χ0) is 13.1. The van der Waals surface area contributed by atoms with Crippen LogP contribution in [0, 0.1) is 10.1 Å². The summed E-state index contributed by atoms with van der Waals surface area (Å²) in [6.07, 6.45) is 5.73. The standard InChI is InChI=1S/C11H17N5O2/c1-12-11-13-7-9(16(17)18)10(14-11)15(2)8-5-3-4-6-8/h7-8H,3-6H2,1-2H3,(H,12,13,14). The van der Waals surface area contributed by atoms with Crippen LogP contribution in [0.5, 0.6) is 0 Å². The van der Waals surface area contributed by atoms with Gasteiger partial charge in [-0.1, -0.05) is 12.8 Å². The molecule has 1 aliphatic rings. The zero-order valence-corrected chi connectivity index (χ0v) is 10.6. The van der Waals surface area contributed by atoms with Crippen molar-refractivity contribution >= 4 is 17.5 Å². The molecule has 0 aliphatic heterocycles. The van der Waals surface area contributed by atoms with Crippen LogP contribution < -0.4 is 10.2 Å². The highest BCUT2D eigenvalue weighted by atomic mass is 16.6.